The molecule has 0 spiro atoms. The van der Waals surface area contributed by atoms with E-state index in [-0.39, 0.29) is 11.5 Å². The standard InChI is InChI=1S/C13H21N3O3/c1-2-13(4-3-5-14-9-13)12-15-11(16-19-12)10-8-17-6-7-18-10/h10,14H,2-9H2,1H3. The van der Waals surface area contributed by atoms with Crippen LogP contribution in [0.5, 0.6) is 0 Å². The summed E-state index contributed by atoms with van der Waals surface area (Å²) in [6.07, 6.45) is 3.06. The van der Waals surface area contributed by atoms with Gasteiger partial charge in [-0.15, -0.1) is 0 Å². The van der Waals surface area contributed by atoms with Crippen LogP contribution in [0.2, 0.25) is 0 Å². The van der Waals surface area contributed by atoms with Crippen molar-refractivity contribution in [2.75, 3.05) is 32.9 Å². The van der Waals surface area contributed by atoms with Gasteiger partial charge in [0, 0.05) is 6.54 Å². The molecule has 0 saturated carbocycles. The van der Waals surface area contributed by atoms with Crippen molar-refractivity contribution in [2.45, 2.75) is 37.7 Å². The highest BCUT2D eigenvalue weighted by molar-refractivity contribution is 5.09. The molecule has 2 unspecified atom stereocenters. The zero-order valence-corrected chi connectivity index (χ0v) is 11.4. The highest BCUT2D eigenvalue weighted by Crippen LogP contribution is 2.34. The number of aromatic nitrogens is 2. The molecule has 2 fully saturated rings. The topological polar surface area (TPSA) is 69.4 Å². The first-order chi connectivity index (χ1) is 9.34. The Labute approximate surface area is 112 Å². The average molecular weight is 267 g/mol. The van der Waals surface area contributed by atoms with Gasteiger partial charge in [0.15, 0.2) is 0 Å². The van der Waals surface area contributed by atoms with Crippen molar-refractivity contribution in [3.05, 3.63) is 11.7 Å². The lowest BCUT2D eigenvalue weighted by atomic mass is 9.78. The van der Waals surface area contributed by atoms with Crippen molar-refractivity contribution in [3.63, 3.8) is 0 Å². The molecule has 0 aliphatic carbocycles. The van der Waals surface area contributed by atoms with Gasteiger partial charge < -0.3 is 19.3 Å². The van der Waals surface area contributed by atoms with Gasteiger partial charge in [0.25, 0.3) is 0 Å². The second-order valence-electron chi connectivity index (χ2n) is 5.31. The molecule has 2 aliphatic heterocycles. The SMILES string of the molecule is CCC1(c2nc(C3COCCO3)no2)CCCNC1. The summed E-state index contributed by atoms with van der Waals surface area (Å²) in [6, 6.07) is 0. The maximum Gasteiger partial charge on any atom is 0.234 e. The molecule has 3 rings (SSSR count). The fourth-order valence-electron chi connectivity index (χ4n) is 2.82. The minimum Gasteiger partial charge on any atom is -0.376 e. The van der Waals surface area contributed by atoms with Crippen LogP contribution in [0.1, 0.15) is 44.0 Å². The normalized spacial score (nSPS) is 32.4. The van der Waals surface area contributed by atoms with Crippen molar-refractivity contribution in [1.29, 1.82) is 0 Å². The molecule has 0 radical (unpaired) electrons. The lowest BCUT2D eigenvalue weighted by molar-refractivity contribution is -0.0941. The van der Waals surface area contributed by atoms with Gasteiger partial charge >= 0.3 is 0 Å². The van der Waals surface area contributed by atoms with Crippen LogP contribution in [0.3, 0.4) is 0 Å². The Bertz CT molecular complexity index is 409. The van der Waals surface area contributed by atoms with Crippen LogP contribution in [0, 0.1) is 0 Å². The summed E-state index contributed by atoms with van der Waals surface area (Å²) >= 11 is 0. The smallest absolute Gasteiger partial charge is 0.234 e. The molecule has 1 aromatic rings. The molecule has 1 N–H and O–H groups in total. The number of piperidine rings is 1. The van der Waals surface area contributed by atoms with E-state index in [1.54, 1.807) is 0 Å². The van der Waals surface area contributed by atoms with Crippen LogP contribution in [0.25, 0.3) is 0 Å². The van der Waals surface area contributed by atoms with E-state index in [2.05, 4.69) is 22.4 Å². The summed E-state index contributed by atoms with van der Waals surface area (Å²) in [5, 5.41) is 7.52. The summed E-state index contributed by atoms with van der Waals surface area (Å²) in [5.74, 6) is 1.36. The molecule has 106 valence electrons. The van der Waals surface area contributed by atoms with E-state index < -0.39 is 0 Å². The maximum absolute atomic E-state index is 5.61. The number of rotatable bonds is 3. The van der Waals surface area contributed by atoms with Crippen LogP contribution in [-0.2, 0) is 14.9 Å². The Hall–Kier alpha value is -0.980. The second kappa shape index (κ2) is 5.56. The Balaban J connectivity index is 1.79. The Morgan fingerprint density at radius 3 is 3.05 bits per heavy atom. The summed E-state index contributed by atoms with van der Waals surface area (Å²) in [6.45, 7) is 5.90. The van der Waals surface area contributed by atoms with Gasteiger partial charge in [0.05, 0.1) is 25.2 Å². The van der Waals surface area contributed by atoms with E-state index in [0.717, 1.165) is 38.2 Å². The molecule has 6 heteroatoms. The number of ether oxygens (including phenoxy) is 2. The van der Waals surface area contributed by atoms with E-state index in [4.69, 9.17) is 14.0 Å². The van der Waals surface area contributed by atoms with Crippen molar-refractivity contribution in [3.8, 4) is 0 Å². The first-order valence-corrected chi connectivity index (χ1v) is 7.08. The zero-order chi connectivity index (χ0) is 13.1. The Morgan fingerprint density at radius 2 is 2.37 bits per heavy atom. The van der Waals surface area contributed by atoms with Crippen LogP contribution in [-0.4, -0.2) is 43.1 Å². The molecule has 2 saturated heterocycles. The molecule has 2 atom stereocenters. The van der Waals surface area contributed by atoms with Crippen molar-refractivity contribution in [2.24, 2.45) is 0 Å². The van der Waals surface area contributed by atoms with Crippen molar-refractivity contribution < 1.29 is 14.0 Å². The van der Waals surface area contributed by atoms with Gasteiger partial charge in [-0.25, -0.2) is 0 Å². The largest absolute Gasteiger partial charge is 0.376 e. The van der Waals surface area contributed by atoms with Gasteiger partial charge in [0.2, 0.25) is 11.7 Å². The number of hydrogen-bond acceptors (Lipinski definition) is 6. The molecule has 0 amide bonds. The molecule has 6 nitrogen and oxygen atoms in total. The summed E-state index contributed by atoms with van der Waals surface area (Å²) in [4.78, 5) is 4.58. The average Bonchev–Trinajstić information content (AvgIpc) is 2.99. The fourth-order valence-corrected chi connectivity index (χ4v) is 2.82. The summed E-state index contributed by atoms with van der Waals surface area (Å²) in [7, 11) is 0. The zero-order valence-electron chi connectivity index (χ0n) is 11.4. The highest BCUT2D eigenvalue weighted by Gasteiger charge is 2.38. The van der Waals surface area contributed by atoms with E-state index in [1.807, 2.05) is 0 Å². The first-order valence-electron chi connectivity index (χ1n) is 7.08. The summed E-state index contributed by atoms with van der Waals surface area (Å²) in [5.41, 5.74) is -0.0149. The van der Waals surface area contributed by atoms with Gasteiger partial charge in [-0.3, -0.25) is 0 Å². The predicted octanol–water partition coefficient (Wildman–Crippen LogP) is 1.19. The third-order valence-electron chi connectivity index (χ3n) is 4.15. The minimum absolute atomic E-state index is 0.0149. The Kier molecular flexibility index (Phi) is 3.81. The maximum atomic E-state index is 5.61. The van der Waals surface area contributed by atoms with Crippen LogP contribution in [0.15, 0.2) is 4.52 Å². The lowest BCUT2D eigenvalue weighted by Crippen LogP contribution is -2.43. The van der Waals surface area contributed by atoms with Crippen LogP contribution in [0.4, 0.5) is 0 Å². The monoisotopic (exact) mass is 267 g/mol. The molecule has 0 aromatic carbocycles. The van der Waals surface area contributed by atoms with Gasteiger partial charge in [-0.1, -0.05) is 12.1 Å². The lowest BCUT2D eigenvalue weighted by Gasteiger charge is -2.33. The molecule has 1 aromatic heterocycles. The van der Waals surface area contributed by atoms with Crippen LogP contribution < -0.4 is 5.32 Å². The second-order valence-corrected chi connectivity index (χ2v) is 5.31. The number of nitrogens with one attached hydrogen (secondary N) is 1. The molecular formula is C13H21N3O3. The fraction of sp³-hybridized carbons (Fsp3) is 0.846. The summed E-state index contributed by atoms with van der Waals surface area (Å²) < 4.78 is 16.5. The quantitative estimate of drug-likeness (QED) is 0.887. The third kappa shape index (κ3) is 2.52. The van der Waals surface area contributed by atoms with E-state index in [0.29, 0.717) is 25.6 Å². The predicted molar refractivity (Wildman–Crippen MR) is 67.9 cm³/mol. The molecule has 3 heterocycles. The highest BCUT2D eigenvalue weighted by atomic mass is 16.6. The first kappa shape index (κ1) is 13.0. The molecular weight excluding hydrogens is 246 g/mol. The van der Waals surface area contributed by atoms with E-state index in [1.165, 1.54) is 0 Å². The molecule has 19 heavy (non-hydrogen) atoms. The minimum atomic E-state index is -0.184. The third-order valence-corrected chi connectivity index (χ3v) is 4.15. The molecule has 0 bridgehead atoms. The van der Waals surface area contributed by atoms with Gasteiger partial charge in [-0.05, 0) is 25.8 Å². The van der Waals surface area contributed by atoms with E-state index >= 15 is 0 Å². The van der Waals surface area contributed by atoms with Crippen LogP contribution >= 0.6 is 0 Å². The van der Waals surface area contributed by atoms with Crippen molar-refractivity contribution in [1.82, 2.24) is 15.5 Å². The number of nitrogens with zero attached hydrogens (tertiary/aromatic N) is 2. The molecule has 2 aliphatic rings. The van der Waals surface area contributed by atoms with Gasteiger partial charge in [0.1, 0.15) is 6.10 Å². The van der Waals surface area contributed by atoms with Gasteiger partial charge in [-0.2, -0.15) is 4.98 Å². The number of hydrogen-bond donors (Lipinski definition) is 1. The van der Waals surface area contributed by atoms with E-state index in [9.17, 15) is 0 Å². The van der Waals surface area contributed by atoms with Crippen molar-refractivity contribution >= 4 is 0 Å². The Morgan fingerprint density at radius 1 is 1.42 bits per heavy atom.